The molecule has 0 aliphatic carbocycles. The zero-order valence-electron chi connectivity index (χ0n) is 10.4. The van der Waals surface area contributed by atoms with Gasteiger partial charge in [-0.25, -0.2) is 0 Å². The van der Waals surface area contributed by atoms with Gasteiger partial charge in [-0.2, -0.15) is 0 Å². The zero-order chi connectivity index (χ0) is 13.1. The van der Waals surface area contributed by atoms with Crippen LogP contribution in [0.25, 0.3) is 0 Å². The predicted octanol–water partition coefficient (Wildman–Crippen LogP) is 2.17. The maximum Gasteiger partial charge on any atom is 0.255 e. The number of anilines is 1. The van der Waals surface area contributed by atoms with Crippen LogP contribution in [-0.2, 0) is 4.74 Å². The first kappa shape index (κ1) is 13.2. The first-order valence-electron chi connectivity index (χ1n) is 6.00. The number of carbonyl (C=O) groups is 1. The van der Waals surface area contributed by atoms with Crippen LogP contribution in [0.4, 0.5) is 5.69 Å². The largest absolute Gasteiger partial charge is 0.398 e. The van der Waals surface area contributed by atoms with Crippen molar-refractivity contribution >= 4 is 23.2 Å². The van der Waals surface area contributed by atoms with E-state index >= 15 is 0 Å². The summed E-state index contributed by atoms with van der Waals surface area (Å²) in [6, 6.07) is 5.35. The van der Waals surface area contributed by atoms with E-state index in [0.717, 1.165) is 12.8 Å². The molecule has 4 nitrogen and oxygen atoms in total. The maximum absolute atomic E-state index is 12.4. The second kappa shape index (κ2) is 5.59. The van der Waals surface area contributed by atoms with Crippen molar-refractivity contribution < 1.29 is 9.53 Å². The van der Waals surface area contributed by atoms with Gasteiger partial charge in [0.1, 0.15) is 0 Å². The van der Waals surface area contributed by atoms with Gasteiger partial charge in [-0.1, -0.05) is 17.7 Å². The van der Waals surface area contributed by atoms with Crippen LogP contribution in [0.3, 0.4) is 0 Å². The SMILES string of the molecule is CN(C(=O)c1cccc(N)c1Cl)C1CCOCC1. The number of nitrogens with two attached hydrogens (primary N) is 1. The van der Waals surface area contributed by atoms with Crippen LogP contribution in [-0.4, -0.2) is 37.1 Å². The summed E-state index contributed by atoms with van der Waals surface area (Å²) < 4.78 is 5.29. The predicted molar refractivity (Wildman–Crippen MR) is 71.8 cm³/mol. The molecule has 0 saturated carbocycles. The Morgan fingerprint density at radius 3 is 2.78 bits per heavy atom. The minimum Gasteiger partial charge on any atom is -0.398 e. The topological polar surface area (TPSA) is 55.6 Å². The molecular weight excluding hydrogens is 252 g/mol. The van der Waals surface area contributed by atoms with E-state index in [9.17, 15) is 4.79 Å². The minimum absolute atomic E-state index is 0.0841. The lowest BCUT2D eigenvalue weighted by molar-refractivity contribution is 0.0362. The molecule has 0 bridgehead atoms. The van der Waals surface area contributed by atoms with E-state index < -0.39 is 0 Å². The molecule has 0 unspecified atom stereocenters. The van der Waals surface area contributed by atoms with E-state index in [0.29, 0.717) is 29.5 Å². The van der Waals surface area contributed by atoms with E-state index in [2.05, 4.69) is 0 Å². The quantitative estimate of drug-likeness (QED) is 0.837. The summed E-state index contributed by atoms with van der Waals surface area (Å²) in [5, 5.41) is 0.335. The number of rotatable bonds is 2. The Hall–Kier alpha value is -1.26. The van der Waals surface area contributed by atoms with Crippen molar-refractivity contribution in [2.75, 3.05) is 26.0 Å². The lowest BCUT2D eigenvalue weighted by atomic mass is 10.1. The number of nitrogen functional groups attached to an aromatic ring is 1. The van der Waals surface area contributed by atoms with Crippen LogP contribution in [0.15, 0.2) is 18.2 Å². The van der Waals surface area contributed by atoms with Crippen molar-refractivity contribution in [3.8, 4) is 0 Å². The van der Waals surface area contributed by atoms with Crippen molar-refractivity contribution in [2.45, 2.75) is 18.9 Å². The summed E-state index contributed by atoms with van der Waals surface area (Å²) in [6.45, 7) is 1.40. The molecule has 0 atom stereocenters. The van der Waals surface area contributed by atoms with Gasteiger partial charge in [-0.3, -0.25) is 4.79 Å². The van der Waals surface area contributed by atoms with E-state index in [4.69, 9.17) is 22.1 Å². The third-order valence-corrected chi connectivity index (χ3v) is 3.74. The molecule has 2 N–H and O–H groups in total. The summed E-state index contributed by atoms with van der Waals surface area (Å²) in [6.07, 6.45) is 1.73. The average molecular weight is 269 g/mol. The highest BCUT2D eigenvalue weighted by Gasteiger charge is 2.24. The Bertz CT molecular complexity index is 445. The highest BCUT2D eigenvalue weighted by molar-refractivity contribution is 6.36. The van der Waals surface area contributed by atoms with Crippen LogP contribution >= 0.6 is 11.6 Å². The standard InChI is InChI=1S/C13H17ClN2O2/c1-16(9-5-7-18-8-6-9)13(17)10-3-2-4-11(15)12(10)14/h2-4,9H,5-8,15H2,1H3. The van der Waals surface area contributed by atoms with Gasteiger partial charge in [0.25, 0.3) is 5.91 Å². The van der Waals surface area contributed by atoms with E-state index in [1.54, 1.807) is 30.1 Å². The number of halogens is 1. The summed E-state index contributed by atoms with van der Waals surface area (Å²) in [5.74, 6) is -0.0841. The molecule has 0 aromatic heterocycles. The van der Waals surface area contributed by atoms with Gasteiger partial charge in [-0.05, 0) is 25.0 Å². The fraction of sp³-hybridized carbons (Fsp3) is 0.462. The third kappa shape index (κ3) is 2.60. The molecular formula is C13H17ClN2O2. The molecule has 1 amide bonds. The van der Waals surface area contributed by atoms with Crippen molar-refractivity contribution in [1.82, 2.24) is 4.90 Å². The Balaban J connectivity index is 2.17. The van der Waals surface area contributed by atoms with Crippen molar-refractivity contribution in [2.24, 2.45) is 0 Å². The van der Waals surface area contributed by atoms with Crippen molar-refractivity contribution in [1.29, 1.82) is 0 Å². The molecule has 1 fully saturated rings. The Kier molecular flexibility index (Phi) is 4.09. The van der Waals surface area contributed by atoms with Gasteiger partial charge in [0.05, 0.1) is 16.3 Å². The van der Waals surface area contributed by atoms with Crippen molar-refractivity contribution in [3.05, 3.63) is 28.8 Å². The van der Waals surface area contributed by atoms with Crippen LogP contribution in [0.1, 0.15) is 23.2 Å². The molecule has 0 spiro atoms. The number of carbonyl (C=O) groups excluding carboxylic acids is 1. The van der Waals surface area contributed by atoms with Gasteiger partial charge in [0, 0.05) is 26.3 Å². The van der Waals surface area contributed by atoms with Crippen LogP contribution in [0.5, 0.6) is 0 Å². The van der Waals surface area contributed by atoms with Crippen LogP contribution in [0, 0.1) is 0 Å². The monoisotopic (exact) mass is 268 g/mol. The van der Waals surface area contributed by atoms with Crippen molar-refractivity contribution in [3.63, 3.8) is 0 Å². The third-order valence-electron chi connectivity index (χ3n) is 3.32. The molecule has 0 radical (unpaired) electrons. The lowest BCUT2D eigenvalue weighted by Gasteiger charge is -2.31. The second-order valence-electron chi connectivity index (χ2n) is 4.47. The fourth-order valence-corrected chi connectivity index (χ4v) is 2.35. The second-order valence-corrected chi connectivity index (χ2v) is 4.85. The lowest BCUT2D eigenvalue weighted by Crippen LogP contribution is -2.40. The number of hydrogen-bond donors (Lipinski definition) is 1. The van der Waals surface area contributed by atoms with Gasteiger partial charge < -0.3 is 15.4 Å². The molecule has 1 saturated heterocycles. The van der Waals surface area contributed by atoms with Crippen LogP contribution in [0.2, 0.25) is 5.02 Å². The molecule has 18 heavy (non-hydrogen) atoms. The Labute approximate surface area is 112 Å². The molecule has 1 aliphatic heterocycles. The summed E-state index contributed by atoms with van der Waals surface area (Å²) in [5.41, 5.74) is 6.61. The number of nitrogens with zero attached hydrogens (tertiary/aromatic N) is 1. The first-order chi connectivity index (χ1) is 8.61. The van der Waals surface area contributed by atoms with Gasteiger partial charge in [0.15, 0.2) is 0 Å². The molecule has 2 rings (SSSR count). The van der Waals surface area contributed by atoms with E-state index in [-0.39, 0.29) is 11.9 Å². The molecule has 98 valence electrons. The highest BCUT2D eigenvalue weighted by atomic mass is 35.5. The molecule has 1 aliphatic rings. The number of benzene rings is 1. The van der Waals surface area contributed by atoms with Crippen LogP contribution < -0.4 is 5.73 Å². The normalized spacial score (nSPS) is 16.6. The molecule has 1 aromatic carbocycles. The average Bonchev–Trinajstić information content (AvgIpc) is 2.41. The Morgan fingerprint density at radius 1 is 1.44 bits per heavy atom. The highest BCUT2D eigenvalue weighted by Crippen LogP contribution is 2.25. The summed E-state index contributed by atoms with van der Waals surface area (Å²) in [4.78, 5) is 14.1. The first-order valence-corrected chi connectivity index (χ1v) is 6.38. The smallest absolute Gasteiger partial charge is 0.255 e. The van der Waals surface area contributed by atoms with Gasteiger partial charge in [-0.15, -0.1) is 0 Å². The molecule has 1 heterocycles. The Morgan fingerprint density at radius 2 is 2.11 bits per heavy atom. The fourth-order valence-electron chi connectivity index (χ4n) is 2.14. The van der Waals surface area contributed by atoms with E-state index in [1.165, 1.54) is 0 Å². The number of hydrogen-bond acceptors (Lipinski definition) is 3. The molecule has 1 aromatic rings. The van der Waals surface area contributed by atoms with E-state index in [1.807, 2.05) is 0 Å². The summed E-state index contributed by atoms with van der Waals surface area (Å²) >= 11 is 6.07. The number of amides is 1. The van der Waals surface area contributed by atoms with Gasteiger partial charge >= 0.3 is 0 Å². The minimum atomic E-state index is -0.0841. The maximum atomic E-state index is 12.4. The molecule has 5 heteroatoms. The summed E-state index contributed by atoms with van der Waals surface area (Å²) in [7, 11) is 1.80. The number of ether oxygens (including phenoxy) is 1. The van der Waals surface area contributed by atoms with Gasteiger partial charge in [0.2, 0.25) is 0 Å². The zero-order valence-corrected chi connectivity index (χ0v) is 11.1.